The van der Waals surface area contributed by atoms with E-state index < -0.39 is 0 Å². The normalized spacial score (nSPS) is 18.9. The smallest absolute Gasteiger partial charge is 0.407 e. The van der Waals surface area contributed by atoms with Crippen LogP contribution in [0.5, 0.6) is 0 Å². The van der Waals surface area contributed by atoms with Crippen LogP contribution in [-0.2, 0) is 17.9 Å². The Morgan fingerprint density at radius 3 is 2.46 bits per heavy atom. The first kappa shape index (κ1) is 18.3. The summed E-state index contributed by atoms with van der Waals surface area (Å²) in [5.41, 5.74) is 3.46. The average molecular weight is 353 g/mol. The Morgan fingerprint density at radius 1 is 1.04 bits per heavy atom. The van der Waals surface area contributed by atoms with Crippen LogP contribution in [0, 0.1) is 0 Å². The van der Waals surface area contributed by atoms with Gasteiger partial charge in [0.25, 0.3) is 0 Å². The number of ether oxygens (including phenoxy) is 1. The molecule has 2 N–H and O–H groups in total. The number of hydrogen-bond donors (Lipinski definition) is 2. The lowest BCUT2D eigenvalue weighted by Gasteiger charge is -2.37. The summed E-state index contributed by atoms with van der Waals surface area (Å²) in [4.78, 5) is 14.1. The molecule has 5 nitrogen and oxygen atoms in total. The predicted octanol–water partition coefficient (Wildman–Crippen LogP) is 3.62. The summed E-state index contributed by atoms with van der Waals surface area (Å²) in [5.74, 6) is 0. The predicted molar refractivity (Wildman–Crippen MR) is 104 cm³/mol. The van der Waals surface area contributed by atoms with E-state index >= 15 is 0 Å². The van der Waals surface area contributed by atoms with Crippen LogP contribution in [0.1, 0.15) is 24.0 Å². The number of nitrogens with one attached hydrogen (secondary N) is 2. The van der Waals surface area contributed by atoms with Crippen molar-refractivity contribution >= 4 is 11.8 Å². The van der Waals surface area contributed by atoms with E-state index in [-0.39, 0.29) is 12.1 Å². The van der Waals surface area contributed by atoms with Crippen LogP contribution in [-0.4, -0.2) is 37.2 Å². The summed E-state index contributed by atoms with van der Waals surface area (Å²) < 4.78 is 5.27. The Labute approximate surface area is 155 Å². The standard InChI is InChI=1S/C21H27N3O2/c1-24(2)14-17-10-6-7-11-20(17)22-18-12-19(13-18)23-21(25)26-15-16-8-4-3-5-9-16/h3-11,18-19,22H,12-15H2,1-2H3,(H,23,25). The van der Waals surface area contributed by atoms with Crippen molar-refractivity contribution in [3.63, 3.8) is 0 Å². The van der Waals surface area contributed by atoms with E-state index in [4.69, 9.17) is 4.74 Å². The number of nitrogens with zero attached hydrogens (tertiary/aromatic N) is 1. The van der Waals surface area contributed by atoms with Crippen molar-refractivity contribution in [1.82, 2.24) is 10.2 Å². The Morgan fingerprint density at radius 2 is 1.73 bits per heavy atom. The Balaban J connectivity index is 1.40. The van der Waals surface area contributed by atoms with Crippen molar-refractivity contribution in [1.29, 1.82) is 0 Å². The third-order valence-corrected chi connectivity index (χ3v) is 4.54. The highest BCUT2D eigenvalue weighted by Crippen LogP contribution is 2.26. The van der Waals surface area contributed by atoms with Crippen molar-refractivity contribution in [3.05, 3.63) is 65.7 Å². The first-order valence-corrected chi connectivity index (χ1v) is 9.06. The van der Waals surface area contributed by atoms with Gasteiger partial charge in [-0.1, -0.05) is 48.5 Å². The highest BCUT2D eigenvalue weighted by Gasteiger charge is 2.31. The molecule has 0 unspecified atom stereocenters. The zero-order chi connectivity index (χ0) is 18.4. The van der Waals surface area contributed by atoms with Gasteiger partial charge in [0.2, 0.25) is 0 Å². The van der Waals surface area contributed by atoms with E-state index in [1.54, 1.807) is 0 Å². The van der Waals surface area contributed by atoms with Crippen LogP contribution in [0.3, 0.4) is 0 Å². The van der Waals surface area contributed by atoms with E-state index in [1.807, 2.05) is 30.3 Å². The van der Waals surface area contributed by atoms with Gasteiger partial charge in [0.15, 0.2) is 0 Å². The molecule has 0 spiro atoms. The number of anilines is 1. The summed E-state index contributed by atoms with van der Waals surface area (Å²) in [5, 5.41) is 6.53. The Kier molecular flexibility index (Phi) is 6.12. The van der Waals surface area contributed by atoms with E-state index in [2.05, 4.69) is 53.9 Å². The van der Waals surface area contributed by atoms with Crippen LogP contribution < -0.4 is 10.6 Å². The second-order valence-corrected chi connectivity index (χ2v) is 7.11. The monoisotopic (exact) mass is 353 g/mol. The molecule has 2 aromatic carbocycles. The number of benzene rings is 2. The summed E-state index contributed by atoms with van der Waals surface area (Å²) in [6.45, 7) is 1.21. The summed E-state index contributed by atoms with van der Waals surface area (Å²) in [6.07, 6.45) is 1.48. The molecule has 138 valence electrons. The van der Waals surface area contributed by atoms with Gasteiger partial charge in [0, 0.05) is 24.3 Å². The molecule has 1 amide bonds. The summed E-state index contributed by atoms with van der Waals surface area (Å²) in [7, 11) is 4.14. The molecule has 0 radical (unpaired) electrons. The Bertz CT molecular complexity index is 712. The molecule has 0 aliphatic heterocycles. The lowest BCUT2D eigenvalue weighted by atomic mass is 9.86. The van der Waals surface area contributed by atoms with Crippen LogP contribution in [0.25, 0.3) is 0 Å². The maximum absolute atomic E-state index is 11.9. The fourth-order valence-electron chi connectivity index (χ4n) is 3.14. The fraction of sp³-hybridized carbons (Fsp3) is 0.381. The summed E-state index contributed by atoms with van der Waals surface area (Å²) >= 11 is 0. The van der Waals surface area contributed by atoms with Gasteiger partial charge in [-0.15, -0.1) is 0 Å². The van der Waals surface area contributed by atoms with Gasteiger partial charge in [0.05, 0.1) is 0 Å². The quantitative estimate of drug-likeness (QED) is 0.798. The fourth-order valence-corrected chi connectivity index (χ4v) is 3.14. The molecule has 3 rings (SSSR count). The van der Waals surface area contributed by atoms with Gasteiger partial charge >= 0.3 is 6.09 Å². The number of alkyl carbamates (subject to hydrolysis) is 1. The van der Waals surface area contributed by atoms with Crippen LogP contribution in [0.15, 0.2) is 54.6 Å². The first-order chi connectivity index (χ1) is 12.6. The molecule has 0 atom stereocenters. The zero-order valence-corrected chi connectivity index (χ0v) is 15.4. The molecule has 0 aromatic heterocycles. The SMILES string of the molecule is CN(C)Cc1ccccc1NC1CC(NC(=O)OCc2ccccc2)C1. The van der Waals surface area contributed by atoms with Crippen LogP contribution >= 0.6 is 0 Å². The van der Waals surface area contributed by atoms with Gasteiger partial charge in [0.1, 0.15) is 6.61 Å². The van der Waals surface area contributed by atoms with Crippen molar-refractivity contribution in [2.75, 3.05) is 19.4 Å². The van der Waals surface area contributed by atoms with E-state index in [0.717, 1.165) is 24.9 Å². The highest BCUT2D eigenvalue weighted by molar-refractivity contribution is 5.68. The number of carbonyl (C=O) groups excluding carboxylic acids is 1. The van der Waals surface area contributed by atoms with Crippen LogP contribution in [0.4, 0.5) is 10.5 Å². The largest absolute Gasteiger partial charge is 0.445 e. The lowest BCUT2D eigenvalue weighted by Crippen LogP contribution is -2.49. The zero-order valence-electron chi connectivity index (χ0n) is 15.4. The van der Waals surface area contributed by atoms with Gasteiger partial charge in [-0.25, -0.2) is 4.79 Å². The molecule has 1 aliphatic carbocycles. The number of hydrogen-bond acceptors (Lipinski definition) is 4. The maximum atomic E-state index is 11.9. The maximum Gasteiger partial charge on any atom is 0.407 e. The van der Waals surface area contributed by atoms with E-state index in [0.29, 0.717) is 12.6 Å². The minimum atomic E-state index is -0.342. The minimum Gasteiger partial charge on any atom is -0.445 e. The average Bonchev–Trinajstić information content (AvgIpc) is 2.60. The molecule has 0 bridgehead atoms. The molecular formula is C21H27N3O2. The van der Waals surface area contributed by atoms with Gasteiger partial charge < -0.3 is 20.3 Å². The third kappa shape index (κ3) is 5.23. The second kappa shape index (κ2) is 8.72. The van der Waals surface area contributed by atoms with Crippen molar-refractivity contribution in [2.24, 2.45) is 0 Å². The minimum absolute atomic E-state index is 0.178. The molecule has 1 fully saturated rings. The second-order valence-electron chi connectivity index (χ2n) is 7.11. The molecule has 0 saturated heterocycles. The highest BCUT2D eigenvalue weighted by atomic mass is 16.5. The molecule has 2 aromatic rings. The van der Waals surface area contributed by atoms with Gasteiger partial charge in [-0.05, 0) is 44.1 Å². The molecule has 5 heteroatoms. The number of carbonyl (C=O) groups is 1. The first-order valence-electron chi connectivity index (χ1n) is 9.06. The number of rotatable bonds is 7. The molecular weight excluding hydrogens is 326 g/mol. The Hall–Kier alpha value is -2.53. The van der Waals surface area contributed by atoms with Gasteiger partial charge in [-0.3, -0.25) is 0 Å². The number of para-hydroxylation sites is 1. The van der Waals surface area contributed by atoms with Crippen molar-refractivity contribution in [2.45, 2.75) is 38.1 Å². The third-order valence-electron chi connectivity index (χ3n) is 4.54. The van der Waals surface area contributed by atoms with Crippen molar-refractivity contribution in [3.8, 4) is 0 Å². The molecule has 1 aliphatic rings. The van der Waals surface area contributed by atoms with Crippen LogP contribution in [0.2, 0.25) is 0 Å². The lowest BCUT2D eigenvalue weighted by molar-refractivity contribution is 0.129. The number of amides is 1. The summed E-state index contributed by atoms with van der Waals surface area (Å²) in [6, 6.07) is 18.7. The van der Waals surface area contributed by atoms with Crippen molar-refractivity contribution < 1.29 is 9.53 Å². The molecule has 1 saturated carbocycles. The van der Waals surface area contributed by atoms with E-state index in [1.165, 1.54) is 11.3 Å². The van der Waals surface area contributed by atoms with Gasteiger partial charge in [-0.2, -0.15) is 0 Å². The molecule has 0 heterocycles. The molecule has 26 heavy (non-hydrogen) atoms. The topological polar surface area (TPSA) is 53.6 Å². The van der Waals surface area contributed by atoms with E-state index in [9.17, 15) is 4.79 Å².